The number of nitrogens with one attached hydrogen (secondary N) is 1. The molecule has 4 rings (SSSR count). The van der Waals surface area contributed by atoms with E-state index >= 15 is 0 Å². The first-order valence-corrected chi connectivity index (χ1v) is 10.3. The van der Waals surface area contributed by atoms with Gasteiger partial charge in [-0.05, 0) is 45.6 Å². The molecule has 0 aliphatic carbocycles. The second-order valence-electron chi connectivity index (χ2n) is 6.94. The van der Waals surface area contributed by atoms with Gasteiger partial charge in [-0.1, -0.05) is 18.3 Å². The van der Waals surface area contributed by atoms with Gasteiger partial charge in [-0.25, -0.2) is 9.97 Å². The summed E-state index contributed by atoms with van der Waals surface area (Å²) in [5.41, 5.74) is 1.12. The van der Waals surface area contributed by atoms with E-state index in [2.05, 4.69) is 38.4 Å². The molecule has 2 aliphatic heterocycles. The lowest BCUT2D eigenvalue weighted by atomic mass is 10.0. The molecule has 1 unspecified atom stereocenters. The topological polar surface area (TPSA) is 76.1 Å². The lowest BCUT2D eigenvalue weighted by Gasteiger charge is -2.35. The Bertz CT molecular complexity index is 745. The monoisotopic (exact) mass is 374 g/mol. The molecule has 2 aliphatic rings. The Labute approximate surface area is 158 Å². The van der Waals surface area contributed by atoms with Crippen molar-refractivity contribution < 1.29 is 4.74 Å². The molecule has 2 aromatic rings. The summed E-state index contributed by atoms with van der Waals surface area (Å²) in [4.78, 5) is 12.0. The third kappa shape index (κ3) is 3.87. The SMILES string of the molecule is CCc1nnc(Nc2cc(C3CCCN3C3CCOCC3)nc(C)n2)s1. The summed E-state index contributed by atoms with van der Waals surface area (Å²) in [5, 5.41) is 13.5. The van der Waals surface area contributed by atoms with E-state index in [9.17, 15) is 0 Å². The van der Waals surface area contributed by atoms with Crippen LogP contribution in [0.3, 0.4) is 0 Å². The van der Waals surface area contributed by atoms with Crippen LogP contribution in [0.2, 0.25) is 0 Å². The van der Waals surface area contributed by atoms with Crippen LogP contribution in [0.1, 0.15) is 55.2 Å². The molecule has 140 valence electrons. The number of ether oxygens (including phenoxy) is 1. The largest absolute Gasteiger partial charge is 0.381 e. The molecular formula is C18H26N6OS. The Morgan fingerprint density at radius 2 is 2.08 bits per heavy atom. The van der Waals surface area contributed by atoms with Gasteiger partial charge in [0.05, 0.1) is 11.7 Å². The number of nitrogens with zero attached hydrogens (tertiary/aromatic N) is 5. The maximum Gasteiger partial charge on any atom is 0.211 e. The summed E-state index contributed by atoms with van der Waals surface area (Å²) < 4.78 is 5.54. The lowest BCUT2D eigenvalue weighted by Crippen LogP contribution is -2.39. The number of aryl methyl sites for hydroxylation is 2. The molecule has 0 saturated carbocycles. The van der Waals surface area contributed by atoms with Crippen LogP contribution in [0.15, 0.2) is 6.07 Å². The number of rotatable bonds is 5. The van der Waals surface area contributed by atoms with Crippen LogP contribution < -0.4 is 5.32 Å². The molecule has 1 N–H and O–H groups in total. The molecule has 8 heteroatoms. The maximum absolute atomic E-state index is 5.54. The predicted molar refractivity (Wildman–Crippen MR) is 102 cm³/mol. The maximum atomic E-state index is 5.54. The smallest absolute Gasteiger partial charge is 0.211 e. The molecule has 1 atom stereocenters. The zero-order chi connectivity index (χ0) is 17.9. The average Bonchev–Trinajstić information content (AvgIpc) is 3.31. The van der Waals surface area contributed by atoms with Crippen LogP contribution in [0.4, 0.5) is 10.9 Å². The highest BCUT2D eigenvalue weighted by Gasteiger charge is 2.33. The minimum absolute atomic E-state index is 0.376. The minimum atomic E-state index is 0.376. The van der Waals surface area contributed by atoms with E-state index < -0.39 is 0 Å². The molecular weight excluding hydrogens is 348 g/mol. The average molecular weight is 375 g/mol. The van der Waals surface area contributed by atoms with Crippen LogP contribution in [0, 0.1) is 6.92 Å². The second-order valence-corrected chi connectivity index (χ2v) is 8.01. The first-order chi connectivity index (χ1) is 12.7. The highest BCUT2D eigenvalue weighted by atomic mass is 32.1. The highest BCUT2D eigenvalue weighted by molar-refractivity contribution is 7.15. The fraction of sp³-hybridized carbons (Fsp3) is 0.667. The van der Waals surface area contributed by atoms with Crippen molar-refractivity contribution in [2.75, 3.05) is 25.1 Å². The van der Waals surface area contributed by atoms with E-state index in [1.54, 1.807) is 11.3 Å². The van der Waals surface area contributed by atoms with Gasteiger partial charge in [0.1, 0.15) is 16.6 Å². The number of aromatic nitrogens is 4. The van der Waals surface area contributed by atoms with Crippen molar-refractivity contribution in [1.82, 2.24) is 25.1 Å². The molecule has 7 nitrogen and oxygen atoms in total. The van der Waals surface area contributed by atoms with Gasteiger partial charge in [-0.2, -0.15) is 0 Å². The van der Waals surface area contributed by atoms with Gasteiger partial charge in [0.25, 0.3) is 0 Å². The van der Waals surface area contributed by atoms with Crippen LogP contribution in [-0.4, -0.2) is 50.9 Å². The molecule has 0 bridgehead atoms. The molecule has 2 aromatic heterocycles. The third-order valence-corrected chi connectivity index (χ3v) is 6.14. The standard InChI is InChI=1S/C18H26N6OS/c1-3-17-22-23-18(26-17)21-16-11-14(19-12(2)20-16)15-5-4-8-24(15)13-6-9-25-10-7-13/h11,13,15H,3-10H2,1-2H3,(H,19,20,21,23). The van der Waals surface area contributed by atoms with Gasteiger partial charge in [0.15, 0.2) is 0 Å². The zero-order valence-corrected chi connectivity index (χ0v) is 16.3. The van der Waals surface area contributed by atoms with E-state index in [4.69, 9.17) is 9.72 Å². The summed E-state index contributed by atoms with van der Waals surface area (Å²) in [6.45, 7) is 6.94. The highest BCUT2D eigenvalue weighted by Crippen LogP contribution is 2.36. The molecule has 0 amide bonds. The van der Waals surface area contributed by atoms with Gasteiger partial charge < -0.3 is 10.1 Å². The molecule has 4 heterocycles. The third-order valence-electron chi connectivity index (χ3n) is 5.16. The summed E-state index contributed by atoms with van der Waals surface area (Å²) in [5.74, 6) is 1.61. The lowest BCUT2D eigenvalue weighted by molar-refractivity contribution is 0.0285. The van der Waals surface area contributed by atoms with E-state index in [1.165, 1.54) is 6.42 Å². The normalized spacial score (nSPS) is 22.0. The van der Waals surface area contributed by atoms with Gasteiger partial charge >= 0.3 is 0 Å². The van der Waals surface area contributed by atoms with Crippen LogP contribution in [-0.2, 0) is 11.2 Å². The van der Waals surface area contributed by atoms with Crippen molar-refractivity contribution in [3.8, 4) is 0 Å². The molecule has 2 saturated heterocycles. The fourth-order valence-corrected chi connectivity index (χ4v) is 4.63. The minimum Gasteiger partial charge on any atom is -0.381 e. The molecule has 0 spiro atoms. The summed E-state index contributed by atoms with van der Waals surface area (Å²) in [7, 11) is 0. The Kier molecular flexibility index (Phi) is 5.42. The molecule has 26 heavy (non-hydrogen) atoms. The van der Waals surface area contributed by atoms with Gasteiger partial charge in [-0.15, -0.1) is 10.2 Å². The molecule has 0 radical (unpaired) electrons. The van der Waals surface area contributed by atoms with Crippen LogP contribution in [0.5, 0.6) is 0 Å². The van der Waals surface area contributed by atoms with Crippen molar-refractivity contribution in [1.29, 1.82) is 0 Å². The van der Waals surface area contributed by atoms with Crippen molar-refractivity contribution in [3.63, 3.8) is 0 Å². The fourth-order valence-electron chi connectivity index (χ4n) is 3.94. The second kappa shape index (κ2) is 7.94. The zero-order valence-electron chi connectivity index (χ0n) is 15.4. The molecule has 2 fully saturated rings. The number of anilines is 2. The predicted octanol–water partition coefficient (Wildman–Crippen LogP) is 3.26. The summed E-state index contributed by atoms with van der Waals surface area (Å²) >= 11 is 1.58. The van der Waals surface area contributed by atoms with Gasteiger partial charge in [0, 0.05) is 25.3 Å². The van der Waals surface area contributed by atoms with Crippen LogP contribution >= 0.6 is 11.3 Å². The Hall–Kier alpha value is -1.64. The first-order valence-electron chi connectivity index (χ1n) is 9.51. The Balaban J connectivity index is 1.54. The molecule has 0 aromatic carbocycles. The van der Waals surface area contributed by atoms with E-state index in [0.717, 1.165) is 72.9 Å². The number of hydrogen-bond acceptors (Lipinski definition) is 8. The van der Waals surface area contributed by atoms with Crippen molar-refractivity contribution in [2.45, 2.75) is 58.0 Å². The van der Waals surface area contributed by atoms with E-state index in [-0.39, 0.29) is 0 Å². The Morgan fingerprint density at radius 3 is 2.85 bits per heavy atom. The quantitative estimate of drug-likeness (QED) is 0.861. The first kappa shape index (κ1) is 17.8. The van der Waals surface area contributed by atoms with Gasteiger partial charge in [-0.3, -0.25) is 4.90 Å². The number of likely N-dealkylation sites (tertiary alicyclic amines) is 1. The Morgan fingerprint density at radius 1 is 1.23 bits per heavy atom. The van der Waals surface area contributed by atoms with Gasteiger partial charge in [0.2, 0.25) is 5.13 Å². The van der Waals surface area contributed by atoms with E-state index in [1.807, 2.05) is 6.92 Å². The van der Waals surface area contributed by atoms with Crippen molar-refractivity contribution in [2.24, 2.45) is 0 Å². The van der Waals surface area contributed by atoms with E-state index in [0.29, 0.717) is 12.1 Å². The van der Waals surface area contributed by atoms with Crippen LogP contribution in [0.25, 0.3) is 0 Å². The van der Waals surface area contributed by atoms with Crippen molar-refractivity contribution >= 4 is 22.3 Å². The number of hydrogen-bond donors (Lipinski definition) is 1. The summed E-state index contributed by atoms with van der Waals surface area (Å²) in [6, 6.07) is 3.07. The summed E-state index contributed by atoms with van der Waals surface area (Å²) in [6.07, 6.45) is 5.53. The van der Waals surface area contributed by atoms with Crippen molar-refractivity contribution in [3.05, 3.63) is 22.6 Å².